The maximum Gasteiger partial charge on any atom is 0.413 e. The highest BCUT2D eigenvalue weighted by atomic mass is 35.5. The third kappa shape index (κ3) is 4.47. The summed E-state index contributed by atoms with van der Waals surface area (Å²) in [5, 5.41) is 17.7. The first kappa shape index (κ1) is 19.5. The minimum atomic E-state index is -1.18. The molecule has 0 atom stereocenters. The van der Waals surface area contributed by atoms with E-state index >= 15 is 0 Å². The van der Waals surface area contributed by atoms with E-state index in [0.29, 0.717) is 17.9 Å². The Bertz CT molecular complexity index is 707. The molecule has 0 aliphatic rings. The number of nitrogens with one attached hydrogen (secondary N) is 1. The van der Waals surface area contributed by atoms with Crippen molar-refractivity contribution in [2.45, 2.75) is 13.1 Å². The van der Waals surface area contributed by atoms with Crippen molar-refractivity contribution in [1.29, 1.82) is 5.41 Å². The highest BCUT2D eigenvalue weighted by Gasteiger charge is 2.20. The van der Waals surface area contributed by atoms with Crippen LogP contribution in [0.4, 0.5) is 4.79 Å². The van der Waals surface area contributed by atoms with Crippen LogP contribution in [-0.4, -0.2) is 29.0 Å². The second kappa shape index (κ2) is 8.90. The van der Waals surface area contributed by atoms with Gasteiger partial charge >= 0.3 is 6.09 Å². The molecule has 0 saturated carbocycles. The Balaban J connectivity index is 0.00000288. The van der Waals surface area contributed by atoms with Crippen LogP contribution < -0.4 is 10.5 Å². The zero-order valence-electron chi connectivity index (χ0n) is 13.2. The van der Waals surface area contributed by atoms with Gasteiger partial charge in [-0.15, -0.1) is 12.4 Å². The quantitative estimate of drug-likeness (QED) is 0.570. The molecule has 0 fully saturated rings. The lowest BCUT2D eigenvalue weighted by molar-refractivity contribution is 0.167. The van der Waals surface area contributed by atoms with Crippen LogP contribution in [0.25, 0.3) is 0 Å². The fourth-order valence-electron chi connectivity index (χ4n) is 2.22. The summed E-state index contributed by atoms with van der Waals surface area (Å²) in [6.07, 6.45) is -1.18. The Morgan fingerprint density at radius 3 is 2.46 bits per heavy atom. The number of benzene rings is 2. The maximum atomic E-state index is 11.5. The monoisotopic (exact) mass is 349 g/mol. The van der Waals surface area contributed by atoms with Crippen molar-refractivity contribution in [2.75, 3.05) is 7.11 Å². The first-order chi connectivity index (χ1) is 11.1. The van der Waals surface area contributed by atoms with E-state index in [1.807, 2.05) is 30.3 Å². The Morgan fingerprint density at radius 1 is 1.25 bits per heavy atom. The molecule has 0 bridgehead atoms. The number of halogens is 1. The highest BCUT2D eigenvalue weighted by Crippen LogP contribution is 2.21. The van der Waals surface area contributed by atoms with Crippen LogP contribution in [0.2, 0.25) is 0 Å². The van der Waals surface area contributed by atoms with Crippen molar-refractivity contribution in [3.05, 3.63) is 65.2 Å². The Kier molecular flexibility index (Phi) is 7.23. The number of hydrogen-bond acceptors (Lipinski definition) is 4. The van der Waals surface area contributed by atoms with Crippen LogP contribution in [0.5, 0.6) is 5.75 Å². The minimum Gasteiger partial charge on any atom is -0.496 e. The summed E-state index contributed by atoms with van der Waals surface area (Å²) < 4.78 is 5.24. The van der Waals surface area contributed by atoms with Crippen molar-refractivity contribution in [2.24, 2.45) is 5.73 Å². The predicted octanol–water partition coefficient (Wildman–Crippen LogP) is 3.08. The topological polar surface area (TPSA) is 99.6 Å². The molecule has 6 nitrogen and oxygen atoms in total. The molecular weight excluding hydrogens is 330 g/mol. The van der Waals surface area contributed by atoms with Crippen LogP contribution in [0, 0.1) is 5.41 Å². The molecule has 0 aliphatic carbocycles. The van der Waals surface area contributed by atoms with Gasteiger partial charge in [-0.25, -0.2) is 4.79 Å². The van der Waals surface area contributed by atoms with E-state index in [-0.39, 0.29) is 24.8 Å². The van der Waals surface area contributed by atoms with Crippen molar-refractivity contribution < 1.29 is 14.6 Å². The number of carboxylic acid groups (broad SMARTS) is 1. The first-order valence-corrected chi connectivity index (χ1v) is 7.07. The molecule has 0 heterocycles. The summed E-state index contributed by atoms with van der Waals surface area (Å²) in [6.45, 7) is 0.416. The SMILES string of the molecule is COc1cc(C(=N)N(Cc2ccccc2)C(=O)O)ccc1CN.Cl. The fraction of sp³-hybridized carbons (Fsp3) is 0.176. The van der Waals surface area contributed by atoms with Gasteiger partial charge in [0.05, 0.1) is 13.7 Å². The number of hydrogen-bond donors (Lipinski definition) is 3. The van der Waals surface area contributed by atoms with E-state index in [0.717, 1.165) is 16.0 Å². The summed E-state index contributed by atoms with van der Waals surface area (Å²) in [6, 6.07) is 14.2. The lowest BCUT2D eigenvalue weighted by Crippen LogP contribution is -2.35. The zero-order chi connectivity index (χ0) is 16.8. The predicted molar refractivity (Wildman–Crippen MR) is 95.0 cm³/mol. The number of nitrogens with zero attached hydrogens (tertiary/aromatic N) is 1. The van der Waals surface area contributed by atoms with Crippen molar-refractivity contribution in [3.8, 4) is 5.75 Å². The number of carbonyl (C=O) groups is 1. The average Bonchev–Trinajstić information content (AvgIpc) is 2.59. The molecule has 2 rings (SSSR count). The van der Waals surface area contributed by atoms with E-state index in [9.17, 15) is 9.90 Å². The summed E-state index contributed by atoms with van der Waals surface area (Å²) in [7, 11) is 1.51. The normalized spacial score (nSPS) is 9.75. The smallest absolute Gasteiger partial charge is 0.413 e. The van der Waals surface area contributed by atoms with Crippen LogP contribution in [0.1, 0.15) is 16.7 Å². The third-order valence-corrected chi connectivity index (χ3v) is 3.46. The maximum absolute atomic E-state index is 11.5. The molecule has 0 aliphatic heterocycles. The molecule has 0 spiro atoms. The van der Waals surface area contributed by atoms with E-state index in [4.69, 9.17) is 15.9 Å². The molecule has 0 aromatic heterocycles. The number of amidine groups is 1. The van der Waals surface area contributed by atoms with Crippen molar-refractivity contribution in [1.82, 2.24) is 4.90 Å². The van der Waals surface area contributed by atoms with E-state index in [2.05, 4.69) is 0 Å². The number of rotatable bonds is 5. The van der Waals surface area contributed by atoms with Gasteiger partial charge in [-0.05, 0) is 11.6 Å². The zero-order valence-corrected chi connectivity index (χ0v) is 14.0. The van der Waals surface area contributed by atoms with Crippen LogP contribution in [-0.2, 0) is 13.1 Å². The van der Waals surface area contributed by atoms with Crippen molar-refractivity contribution >= 4 is 24.3 Å². The summed E-state index contributed by atoms with van der Waals surface area (Å²) in [5.74, 6) is 0.433. The summed E-state index contributed by atoms with van der Waals surface area (Å²) in [5.41, 5.74) is 7.69. The Labute approximate surface area is 146 Å². The van der Waals surface area contributed by atoms with Gasteiger partial charge in [0, 0.05) is 17.7 Å². The number of nitrogens with two attached hydrogens (primary N) is 1. The minimum absolute atomic E-state index is 0. The summed E-state index contributed by atoms with van der Waals surface area (Å²) in [4.78, 5) is 12.5. The van der Waals surface area contributed by atoms with Gasteiger partial charge in [-0.3, -0.25) is 10.3 Å². The molecule has 24 heavy (non-hydrogen) atoms. The molecule has 1 amide bonds. The van der Waals surface area contributed by atoms with Gasteiger partial charge in [-0.2, -0.15) is 0 Å². The van der Waals surface area contributed by atoms with E-state index < -0.39 is 6.09 Å². The molecular formula is C17H20ClN3O3. The van der Waals surface area contributed by atoms with Crippen molar-refractivity contribution in [3.63, 3.8) is 0 Å². The van der Waals surface area contributed by atoms with Crippen LogP contribution in [0.3, 0.4) is 0 Å². The van der Waals surface area contributed by atoms with Crippen LogP contribution >= 0.6 is 12.4 Å². The standard InChI is InChI=1S/C17H19N3O3.ClH/c1-23-15-9-13(7-8-14(15)10-18)16(19)20(17(21)22)11-12-5-3-2-4-6-12;/h2-9,19H,10-11,18H2,1H3,(H,21,22);1H. The molecule has 0 saturated heterocycles. The molecule has 4 N–H and O–H groups in total. The Morgan fingerprint density at radius 2 is 1.92 bits per heavy atom. The van der Waals surface area contributed by atoms with E-state index in [1.54, 1.807) is 18.2 Å². The van der Waals surface area contributed by atoms with Gasteiger partial charge < -0.3 is 15.6 Å². The fourth-order valence-corrected chi connectivity index (χ4v) is 2.22. The largest absolute Gasteiger partial charge is 0.496 e. The average molecular weight is 350 g/mol. The first-order valence-electron chi connectivity index (χ1n) is 7.07. The summed E-state index contributed by atoms with van der Waals surface area (Å²) >= 11 is 0. The van der Waals surface area contributed by atoms with Gasteiger partial charge in [0.1, 0.15) is 11.6 Å². The second-order valence-electron chi connectivity index (χ2n) is 4.93. The molecule has 2 aromatic rings. The number of amides is 1. The Hall–Kier alpha value is -2.57. The highest BCUT2D eigenvalue weighted by molar-refractivity contribution is 6.04. The van der Waals surface area contributed by atoms with Crippen LogP contribution in [0.15, 0.2) is 48.5 Å². The third-order valence-electron chi connectivity index (χ3n) is 3.46. The lowest BCUT2D eigenvalue weighted by Gasteiger charge is -2.21. The molecule has 128 valence electrons. The van der Waals surface area contributed by atoms with Gasteiger partial charge in [0.2, 0.25) is 0 Å². The van der Waals surface area contributed by atoms with Gasteiger partial charge in [0.25, 0.3) is 0 Å². The molecule has 0 radical (unpaired) electrons. The van der Waals surface area contributed by atoms with Gasteiger partial charge in [-0.1, -0.05) is 42.5 Å². The number of ether oxygens (including phenoxy) is 1. The molecule has 2 aromatic carbocycles. The van der Waals surface area contributed by atoms with Gasteiger partial charge in [0.15, 0.2) is 0 Å². The van der Waals surface area contributed by atoms with E-state index in [1.165, 1.54) is 7.11 Å². The number of methoxy groups -OCH3 is 1. The molecule has 7 heteroatoms. The molecule has 0 unspecified atom stereocenters. The second-order valence-corrected chi connectivity index (χ2v) is 4.93. The lowest BCUT2D eigenvalue weighted by atomic mass is 10.1.